The Balaban J connectivity index is 1.91. The van der Waals surface area contributed by atoms with Crippen molar-refractivity contribution in [3.05, 3.63) is 30.3 Å². The number of likely N-dealkylation sites (N-methyl/N-ethyl adjacent to an activating group) is 1. The van der Waals surface area contributed by atoms with E-state index in [0.717, 1.165) is 18.8 Å². The summed E-state index contributed by atoms with van der Waals surface area (Å²) in [7, 11) is 2.17. The second kappa shape index (κ2) is 7.11. The van der Waals surface area contributed by atoms with Gasteiger partial charge in [0.2, 0.25) is 5.96 Å². The molecule has 0 aliphatic carbocycles. The lowest BCUT2D eigenvalue weighted by Crippen LogP contribution is -2.41. The normalized spacial score (nSPS) is 21.2. The zero-order valence-corrected chi connectivity index (χ0v) is 11.5. The predicted molar refractivity (Wildman–Crippen MR) is 80.0 cm³/mol. The third-order valence-electron chi connectivity index (χ3n) is 3.55. The van der Waals surface area contributed by atoms with Gasteiger partial charge in [-0.05, 0) is 38.6 Å². The van der Waals surface area contributed by atoms with Crippen molar-refractivity contribution in [3.63, 3.8) is 0 Å². The smallest absolute Gasteiger partial charge is 0.210 e. The molecule has 1 heterocycles. The van der Waals surface area contributed by atoms with E-state index in [-0.39, 0.29) is 0 Å². The van der Waals surface area contributed by atoms with Crippen molar-refractivity contribution in [1.82, 2.24) is 10.3 Å². The molecule has 5 heteroatoms. The molecular formula is C14H23N5. The topological polar surface area (TPSA) is 65.7 Å². The lowest BCUT2D eigenvalue weighted by molar-refractivity contribution is 0.191. The number of hydrogen-bond acceptors (Lipinski definition) is 3. The Morgan fingerprint density at radius 2 is 2.16 bits per heavy atom. The highest BCUT2D eigenvalue weighted by molar-refractivity contribution is 5.93. The molecule has 1 fully saturated rings. The summed E-state index contributed by atoms with van der Waals surface area (Å²) in [6, 6.07) is 10.4. The lowest BCUT2D eigenvalue weighted by Gasteiger charge is -2.31. The summed E-state index contributed by atoms with van der Waals surface area (Å²) in [5.41, 5.74) is 3.61. The summed E-state index contributed by atoms with van der Waals surface area (Å²) >= 11 is 0. The Labute approximate surface area is 114 Å². The van der Waals surface area contributed by atoms with Crippen molar-refractivity contribution in [2.75, 3.05) is 25.5 Å². The van der Waals surface area contributed by atoms with E-state index in [0.29, 0.717) is 12.0 Å². The molecule has 1 atom stereocenters. The maximum absolute atomic E-state index is 5.51. The largest absolute Gasteiger partial charge is 0.325 e. The summed E-state index contributed by atoms with van der Waals surface area (Å²) in [5.74, 6) is 6.13. The first-order chi connectivity index (χ1) is 9.29. The van der Waals surface area contributed by atoms with Crippen molar-refractivity contribution in [2.45, 2.75) is 25.3 Å². The van der Waals surface area contributed by atoms with Crippen LogP contribution in [0, 0.1) is 0 Å². The van der Waals surface area contributed by atoms with Crippen LogP contribution in [0.4, 0.5) is 5.69 Å². The zero-order chi connectivity index (χ0) is 13.5. The van der Waals surface area contributed by atoms with Crippen molar-refractivity contribution in [2.24, 2.45) is 10.8 Å². The number of nitrogens with one attached hydrogen (secondary N) is 2. The van der Waals surface area contributed by atoms with Crippen LogP contribution in [0.15, 0.2) is 35.3 Å². The summed E-state index contributed by atoms with van der Waals surface area (Å²) < 4.78 is 0. The Morgan fingerprint density at radius 1 is 1.37 bits per heavy atom. The summed E-state index contributed by atoms with van der Waals surface area (Å²) in [4.78, 5) is 6.92. The SMILES string of the molecule is CN1CCCCC1CN=C(NN)Nc1ccccc1. The molecule has 19 heavy (non-hydrogen) atoms. The number of likely N-dealkylation sites (tertiary alicyclic amines) is 1. The third-order valence-corrected chi connectivity index (χ3v) is 3.55. The Morgan fingerprint density at radius 3 is 2.84 bits per heavy atom. The molecule has 1 aromatic rings. The minimum absolute atomic E-state index is 0.523. The minimum Gasteiger partial charge on any atom is -0.325 e. The molecule has 1 aliphatic rings. The van der Waals surface area contributed by atoms with E-state index < -0.39 is 0 Å². The maximum atomic E-state index is 5.51. The molecule has 0 spiro atoms. The molecule has 0 amide bonds. The number of nitrogens with two attached hydrogens (primary N) is 1. The number of benzene rings is 1. The van der Waals surface area contributed by atoms with Crippen molar-refractivity contribution < 1.29 is 0 Å². The number of nitrogens with zero attached hydrogens (tertiary/aromatic N) is 2. The van der Waals surface area contributed by atoms with Gasteiger partial charge in [0, 0.05) is 11.7 Å². The zero-order valence-electron chi connectivity index (χ0n) is 11.5. The molecule has 1 aromatic carbocycles. The number of rotatable bonds is 3. The van der Waals surface area contributed by atoms with Crippen LogP contribution in [0.25, 0.3) is 0 Å². The average Bonchev–Trinajstić information content (AvgIpc) is 2.46. The molecule has 5 nitrogen and oxygen atoms in total. The molecule has 1 unspecified atom stereocenters. The summed E-state index contributed by atoms with van der Waals surface area (Å²) in [5, 5.41) is 3.18. The van der Waals surface area contributed by atoms with Gasteiger partial charge in [0.1, 0.15) is 0 Å². The highest BCUT2D eigenvalue weighted by Crippen LogP contribution is 2.15. The molecule has 1 saturated heterocycles. The number of para-hydroxylation sites is 1. The first-order valence-corrected chi connectivity index (χ1v) is 6.83. The van der Waals surface area contributed by atoms with Gasteiger partial charge in [-0.1, -0.05) is 24.6 Å². The number of hydrogen-bond donors (Lipinski definition) is 3. The van der Waals surface area contributed by atoms with Crippen LogP contribution in [0.2, 0.25) is 0 Å². The number of aliphatic imine (C=N–C) groups is 1. The van der Waals surface area contributed by atoms with E-state index in [1.807, 2.05) is 30.3 Å². The molecule has 104 valence electrons. The highest BCUT2D eigenvalue weighted by atomic mass is 15.3. The van der Waals surface area contributed by atoms with Crippen LogP contribution in [-0.2, 0) is 0 Å². The molecule has 4 N–H and O–H groups in total. The molecular weight excluding hydrogens is 238 g/mol. The highest BCUT2D eigenvalue weighted by Gasteiger charge is 2.18. The molecule has 0 bridgehead atoms. The number of guanidine groups is 1. The third kappa shape index (κ3) is 4.22. The van der Waals surface area contributed by atoms with Gasteiger partial charge in [0.05, 0.1) is 6.54 Å². The van der Waals surface area contributed by atoms with Crippen molar-refractivity contribution in [3.8, 4) is 0 Å². The first-order valence-electron chi connectivity index (χ1n) is 6.83. The number of piperidine rings is 1. The fourth-order valence-electron chi connectivity index (χ4n) is 2.35. The van der Waals surface area contributed by atoms with Crippen LogP contribution in [0.3, 0.4) is 0 Å². The molecule has 0 aromatic heterocycles. The van der Waals surface area contributed by atoms with Crippen LogP contribution in [0.1, 0.15) is 19.3 Å². The van der Waals surface area contributed by atoms with Crippen LogP contribution < -0.4 is 16.6 Å². The van der Waals surface area contributed by atoms with E-state index >= 15 is 0 Å². The standard InChI is InChI=1S/C14H23N5/c1-19-10-6-5-9-13(19)11-16-14(18-15)17-12-7-3-2-4-8-12/h2-4,7-8,13H,5-6,9-11,15H2,1H3,(H2,16,17,18). The van der Waals surface area contributed by atoms with Crippen molar-refractivity contribution >= 4 is 11.6 Å². The van der Waals surface area contributed by atoms with E-state index in [4.69, 9.17) is 5.84 Å². The number of anilines is 1. The minimum atomic E-state index is 0.523. The van der Waals surface area contributed by atoms with E-state index in [1.54, 1.807) is 0 Å². The Kier molecular flexibility index (Phi) is 5.18. The molecule has 0 radical (unpaired) electrons. The molecule has 0 saturated carbocycles. The van der Waals surface area contributed by atoms with Gasteiger partial charge in [0.25, 0.3) is 0 Å². The van der Waals surface area contributed by atoms with Gasteiger partial charge in [-0.25, -0.2) is 5.84 Å². The molecule has 2 rings (SSSR count). The summed E-state index contributed by atoms with van der Waals surface area (Å²) in [6.07, 6.45) is 3.80. The van der Waals surface area contributed by atoms with Crippen molar-refractivity contribution in [1.29, 1.82) is 0 Å². The first kappa shape index (κ1) is 13.8. The second-order valence-corrected chi connectivity index (χ2v) is 4.95. The fourth-order valence-corrected chi connectivity index (χ4v) is 2.35. The Bertz CT molecular complexity index is 404. The van der Waals surface area contributed by atoms with Crippen LogP contribution in [0.5, 0.6) is 0 Å². The van der Waals surface area contributed by atoms with Gasteiger partial charge >= 0.3 is 0 Å². The molecule has 1 aliphatic heterocycles. The summed E-state index contributed by atoms with van der Waals surface area (Å²) in [6.45, 7) is 1.94. The van der Waals surface area contributed by atoms with E-state index in [2.05, 4.69) is 27.7 Å². The number of hydrazine groups is 1. The monoisotopic (exact) mass is 261 g/mol. The van der Waals surface area contributed by atoms with Gasteiger partial charge < -0.3 is 10.2 Å². The lowest BCUT2D eigenvalue weighted by atomic mass is 10.0. The second-order valence-electron chi connectivity index (χ2n) is 4.95. The van der Waals surface area contributed by atoms with Crippen LogP contribution in [-0.4, -0.2) is 37.0 Å². The van der Waals surface area contributed by atoms with Gasteiger partial charge in [-0.15, -0.1) is 0 Å². The quantitative estimate of drug-likeness (QED) is 0.333. The van der Waals surface area contributed by atoms with Crippen LogP contribution >= 0.6 is 0 Å². The van der Waals surface area contributed by atoms with Gasteiger partial charge in [-0.3, -0.25) is 10.4 Å². The van der Waals surface area contributed by atoms with Gasteiger partial charge in [-0.2, -0.15) is 0 Å². The van der Waals surface area contributed by atoms with Gasteiger partial charge in [0.15, 0.2) is 0 Å². The maximum Gasteiger partial charge on any atom is 0.210 e. The average molecular weight is 261 g/mol. The predicted octanol–water partition coefficient (Wildman–Crippen LogP) is 1.40. The van der Waals surface area contributed by atoms with E-state index in [9.17, 15) is 0 Å². The Hall–Kier alpha value is -1.59. The van der Waals surface area contributed by atoms with E-state index in [1.165, 1.54) is 19.3 Å². The fraction of sp³-hybridized carbons (Fsp3) is 0.500.